The number of hydrogen-bond acceptors (Lipinski definition) is 5. The standard InChI is InChI=1S/C15H21N5O2S.HI/c1-3-16-15(19-9-12-5-4-8-22-12)18-7-6-17-14(21)13-11(2)20-10-23-13;/h4-5,8,10H,3,6-7,9H2,1-2H3,(H,17,21)(H2,16,18,19);1H. The van der Waals surface area contributed by atoms with Gasteiger partial charge in [0.2, 0.25) is 0 Å². The van der Waals surface area contributed by atoms with Crippen molar-refractivity contribution in [3.8, 4) is 0 Å². The number of nitrogens with zero attached hydrogens (tertiary/aromatic N) is 2. The molecule has 0 saturated heterocycles. The van der Waals surface area contributed by atoms with Crippen molar-refractivity contribution in [2.75, 3.05) is 19.6 Å². The predicted molar refractivity (Wildman–Crippen MR) is 106 cm³/mol. The van der Waals surface area contributed by atoms with Crippen LogP contribution in [0.3, 0.4) is 0 Å². The van der Waals surface area contributed by atoms with E-state index in [2.05, 4.69) is 25.9 Å². The zero-order chi connectivity index (χ0) is 16.5. The lowest BCUT2D eigenvalue weighted by Crippen LogP contribution is -2.41. The Morgan fingerprint density at radius 3 is 2.75 bits per heavy atom. The van der Waals surface area contributed by atoms with E-state index in [9.17, 15) is 4.79 Å². The minimum Gasteiger partial charge on any atom is -0.467 e. The Bertz CT molecular complexity index is 642. The predicted octanol–water partition coefficient (Wildman–Crippen LogP) is 2.15. The van der Waals surface area contributed by atoms with Crippen molar-refractivity contribution in [3.05, 3.63) is 40.2 Å². The first kappa shape index (κ1) is 20.4. The molecule has 0 bridgehead atoms. The summed E-state index contributed by atoms with van der Waals surface area (Å²) in [6, 6.07) is 3.72. The normalized spacial score (nSPS) is 10.8. The molecule has 0 aliphatic rings. The van der Waals surface area contributed by atoms with Crippen molar-refractivity contribution in [2.45, 2.75) is 20.4 Å². The monoisotopic (exact) mass is 463 g/mol. The lowest BCUT2D eigenvalue weighted by Gasteiger charge is -2.11. The lowest BCUT2D eigenvalue weighted by atomic mass is 10.4. The molecule has 2 rings (SSSR count). The number of halogens is 1. The number of aromatic nitrogens is 1. The van der Waals surface area contributed by atoms with E-state index in [0.717, 1.165) is 18.0 Å². The van der Waals surface area contributed by atoms with E-state index in [4.69, 9.17) is 4.42 Å². The quantitative estimate of drug-likeness (QED) is 0.253. The fourth-order valence-corrected chi connectivity index (χ4v) is 2.58. The van der Waals surface area contributed by atoms with E-state index in [1.807, 2.05) is 26.0 Å². The smallest absolute Gasteiger partial charge is 0.263 e. The molecule has 2 aromatic heterocycles. The summed E-state index contributed by atoms with van der Waals surface area (Å²) in [5.74, 6) is 1.40. The van der Waals surface area contributed by atoms with Gasteiger partial charge in [-0.1, -0.05) is 0 Å². The average Bonchev–Trinajstić information content (AvgIpc) is 3.20. The minimum absolute atomic E-state index is 0. The van der Waals surface area contributed by atoms with Crippen molar-refractivity contribution in [1.29, 1.82) is 0 Å². The number of guanidine groups is 1. The van der Waals surface area contributed by atoms with Crippen LogP contribution in [0.1, 0.15) is 28.0 Å². The molecule has 0 atom stereocenters. The maximum absolute atomic E-state index is 12.0. The number of amides is 1. The molecule has 0 aliphatic carbocycles. The van der Waals surface area contributed by atoms with Crippen LogP contribution >= 0.6 is 35.3 Å². The van der Waals surface area contributed by atoms with E-state index >= 15 is 0 Å². The van der Waals surface area contributed by atoms with Gasteiger partial charge in [0.25, 0.3) is 5.91 Å². The molecule has 2 aromatic rings. The zero-order valence-corrected chi connectivity index (χ0v) is 16.8. The van der Waals surface area contributed by atoms with Gasteiger partial charge in [0.1, 0.15) is 17.2 Å². The van der Waals surface area contributed by atoms with Crippen molar-refractivity contribution in [2.24, 2.45) is 4.99 Å². The van der Waals surface area contributed by atoms with E-state index < -0.39 is 0 Å². The molecular weight excluding hydrogens is 441 g/mol. The van der Waals surface area contributed by atoms with Gasteiger partial charge < -0.3 is 20.4 Å². The Hall–Kier alpha value is -1.62. The number of carbonyl (C=O) groups is 1. The van der Waals surface area contributed by atoms with Gasteiger partial charge in [-0.3, -0.25) is 4.79 Å². The summed E-state index contributed by atoms with van der Waals surface area (Å²) in [5.41, 5.74) is 2.43. The molecule has 1 amide bonds. The van der Waals surface area contributed by atoms with Crippen LogP contribution in [0.5, 0.6) is 0 Å². The number of aryl methyl sites for hydroxylation is 1. The van der Waals surface area contributed by atoms with Crippen LogP contribution in [0.2, 0.25) is 0 Å². The van der Waals surface area contributed by atoms with Crippen LogP contribution in [0.25, 0.3) is 0 Å². The molecule has 2 heterocycles. The van der Waals surface area contributed by atoms with Crippen LogP contribution in [-0.2, 0) is 6.54 Å². The number of carbonyl (C=O) groups excluding carboxylic acids is 1. The van der Waals surface area contributed by atoms with Gasteiger partial charge >= 0.3 is 0 Å². The Kier molecular flexibility index (Phi) is 9.38. The average molecular weight is 463 g/mol. The van der Waals surface area contributed by atoms with E-state index in [1.165, 1.54) is 11.3 Å². The van der Waals surface area contributed by atoms with Gasteiger partial charge in [0.15, 0.2) is 5.96 Å². The SMILES string of the molecule is CCNC(=NCc1ccco1)NCCNC(=O)c1scnc1C.I. The third-order valence-corrected chi connectivity index (χ3v) is 3.90. The Morgan fingerprint density at radius 2 is 2.12 bits per heavy atom. The zero-order valence-electron chi connectivity index (χ0n) is 13.7. The molecule has 9 heteroatoms. The third kappa shape index (κ3) is 6.48. The van der Waals surface area contributed by atoms with Gasteiger partial charge in [-0.15, -0.1) is 35.3 Å². The molecule has 3 N–H and O–H groups in total. The highest BCUT2D eigenvalue weighted by molar-refractivity contribution is 14.0. The summed E-state index contributed by atoms with van der Waals surface area (Å²) in [6.07, 6.45) is 1.63. The Morgan fingerprint density at radius 1 is 1.33 bits per heavy atom. The first-order chi connectivity index (χ1) is 11.2. The van der Waals surface area contributed by atoms with Crippen LogP contribution < -0.4 is 16.0 Å². The van der Waals surface area contributed by atoms with Crippen LogP contribution in [0, 0.1) is 6.92 Å². The van der Waals surface area contributed by atoms with Gasteiger partial charge in [0.05, 0.1) is 17.5 Å². The molecule has 24 heavy (non-hydrogen) atoms. The maximum Gasteiger partial charge on any atom is 0.263 e. The number of thiazole rings is 1. The molecule has 0 spiro atoms. The molecule has 0 radical (unpaired) electrons. The second-order valence-corrected chi connectivity index (χ2v) is 5.58. The van der Waals surface area contributed by atoms with Crippen LogP contribution in [0.15, 0.2) is 33.3 Å². The van der Waals surface area contributed by atoms with Gasteiger partial charge in [-0.25, -0.2) is 9.98 Å². The van der Waals surface area contributed by atoms with Crippen LogP contribution in [-0.4, -0.2) is 36.5 Å². The first-order valence-corrected chi connectivity index (χ1v) is 8.31. The highest BCUT2D eigenvalue weighted by atomic mass is 127. The number of furan rings is 1. The van der Waals surface area contributed by atoms with Crippen molar-refractivity contribution in [1.82, 2.24) is 20.9 Å². The van der Waals surface area contributed by atoms with Crippen LogP contribution in [0.4, 0.5) is 0 Å². The second kappa shape index (κ2) is 11.0. The van der Waals surface area contributed by atoms with Gasteiger partial charge in [-0.2, -0.15) is 0 Å². The van der Waals surface area contributed by atoms with Crippen molar-refractivity contribution in [3.63, 3.8) is 0 Å². The Balaban J connectivity index is 0.00000288. The fourth-order valence-electron chi connectivity index (χ4n) is 1.86. The lowest BCUT2D eigenvalue weighted by molar-refractivity contribution is 0.0957. The van der Waals surface area contributed by atoms with Gasteiger partial charge in [0, 0.05) is 19.6 Å². The molecular formula is C15H22IN5O2S. The minimum atomic E-state index is -0.0932. The third-order valence-electron chi connectivity index (χ3n) is 2.97. The molecule has 0 aromatic carbocycles. The van der Waals surface area contributed by atoms with E-state index in [0.29, 0.717) is 30.5 Å². The summed E-state index contributed by atoms with van der Waals surface area (Å²) >= 11 is 1.35. The van der Waals surface area contributed by atoms with Gasteiger partial charge in [-0.05, 0) is 26.0 Å². The molecule has 7 nitrogen and oxygen atoms in total. The summed E-state index contributed by atoms with van der Waals surface area (Å²) in [6.45, 7) is 6.13. The molecule has 0 fully saturated rings. The largest absolute Gasteiger partial charge is 0.467 e. The Labute approximate surface area is 162 Å². The van der Waals surface area contributed by atoms with E-state index in [1.54, 1.807) is 11.8 Å². The number of nitrogens with one attached hydrogen (secondary N) is 3. The molecule has 0 saturated carbocycles. The van der Waals surface area contributed by atoms with Crippen molar-refractivity contribution < 1.29 is 9.21 Å². The van der Waals surface area contributed by atoms with Crippen molar-refractivity contribution >= 4 is 47.2 Å². The summed E-state index contributed by atoms with van der Waals surface area (Å²) < 4.78 is 5.25. The summed E-state index contributed by atoms with van der Waals surface area (Å²) in [7, 11) is 0. The van der Waals surface area contributed by atoms with E-state index in [-0.39, 0.29) is 29.9 Å². The number of rotatable bonds is 7. The highest BCUT2D eigenvalue weighted by Crippen LogP contribution is 2.11. The first-order valence-electron chi connectivity index (χ1n) is 7.43. The number of hydrogen-bond donors (Lipinski definition) is 3. The summed E-state index contributed by atoms with van der Waals surface area (Å²) in [5, 5.41) is 9.18. The molecule has 0 unspecified atom stereocenters. The fraction of sp³-hybridized carbons (Fsp3) is 0.400. The topological polar surface area (TPSA) is 91.5 Å². The summed E-state index contributed by atoms with van der Waals surface area (Å²) in [4.78, 5) is 21.1. The molecule has 132 valence electrons. The second-order valence-electron chi connectivity index (χ2n) is 4.72. The molecule has 0 aliphatic heterocycles. The highest BCUT2D eigenvalue weighted by Gasteiger charge is 2.10. The number of aliphatic imine (C=N–C) groups is 1. The maximum atomic E-state index is 12.0.